The van der Waals surface area contributed by atoms with E-state index >= 15 is 0 Å². The number of hydrogen-bond donors (Lipinski definition) is 0. The molecule has 3 nitrogen and oxygen atoms in total. The van der Waals surface area contributed by atoms with Gasteiger partial charge in [-0.25, -0.2) is 0 Å². The lowest BCUT2D eigenvalue weighted by Gasteiger charge is -2.08. The molecule has 0 amide bonds. The first kappa shape index (κ1) is 10.6. The van der Waals surface area contributed by atoms with Crippen LogP contribution in [0.4, 0.5) is 0 Å². The second kappa shape index (κ2) is 4.31. The fraction of sp³-hybridized carbons (Fsp3) is 0.231. The lowest BCUT2D eigenvalue weighted by Crippen LogP contribution is -1.94. The molecule has 1 aromatic carbocycles. The number of allylic oxidation sites excluding steroid dienone is 1. The summed E-state index contributed by atoms with van der Waals surface area (Å²) in [6, 6.07) is 5.93. The van der Waals surface area contributed by atoms with Gasteiger partial charge >= 0.3 is 0 Å². The van der Waals surface area contributed by atoms with Gasteiger partial charge in [0.2, 0.25) is 0 Å². The van der Waals surface area contributed by atoms with Crippen molar-refractivity contribution in [2.75, 3.05) is 14.2 Å². The monoisotopic (exact) mass is 217 g/mol. The summed E-state index contributed by atoms with van der Waals surface area (Å²) in [4.78, 5) is 0. The molecule has 0 saturated carbocycles. The SMILES string of the molecule is C=CCn1ccc2c(OC)cc(OC)cc21. The standard InChI is InChI=1S/C13H15NO2/c1-4-6-14-7-5-11-12(14)8-10(15-2)9-13(11)16-3/h4-5,7-9H,1,6H2,2-3H3. The molecule has 0 spiro atoms. The van der Waals surface area contributed by atoms with Crippen LogP contribution in [0.2, 0.25) is 0 Å². The predicted octanol–water partition coefficient (Wildman–Crippen LogP) is 2.84. The minimum absolute atomic E-state index is 0.778. The number of benzene rings is 1. The Morgan fingerprint density at radius 1 is 1.31 bits per heavy atom. The minimum atomic E-state index is 0.778. The first-order valence-corrected chi connectivity index (χ1v) is 5.12. The molecule has 0 atom stereocenters. The topological polar surface area (TPSA) is 23.4 Å². The Labute approximate surface area is 94.9 Å². The predicted molar refractivity (Wildman–Crippen MR) is 65.2 cm³/mol. The van der Waals surface area contributed by atoms with E-state index in [-0.39, 0.29) is 0 Å². The van der Waals surface area contributed by atoms with Crippen molar-refractivity contribution >= 4 is 10.9 Å². The largest absolute Gasteiger partial charge is 0.497 e. The van der Waals surface area contributed by atoms with Gasteiger partial charge in [-0.3, -0.25) is 0 Å². The van der Waals surface area contributed by atoms with Crippen molar-refractivity contribution < 1.29 is 9.47 Å². The van der Waals surface area contributed by atoms with E-state index in [4.69, 9.17) is 9.47 Å². The smallest absolute Gasteiger partial charge is 0.131 e. The summed E-state index contributed by atoms with van der Waals surface area (Å²) >= 11 is 0. The Hall–Kier alpha value is -1.90. The fourth-order valence-electron chi connectivity index (χ4n) is 1.82. The van der Waals surface area contributed by atoms with Gasteiger partial charge in [0.05, 0.1) is 19.7 Å². The van der Waals surface area contributed by atoms with Gasteiger partial charge in [-0.15, -0.1) is 6.58 Å². The molecule has 3 heteroatoms. The molecular formula is C13H15NO2. The number of nitrogens with zero attached hydrogens (tertiary/aromatic N) is 1. The van der Waals surface area contributed by atoms with E-state index in [0.29, 0.717) is 0 Å². The molecule has 0 saturated heterocycles. The van der Waals surface area contributed by atoms with Crippen LogP contribution in [0.3, 0.4) is 0 Å². The highest BCUT2D eigenvalue weighted by molar-refractivity contribution is 5.88. The van der Waals surface area contributed by atoms with Crippen LogP contribution in [0.15, 0.2) is 37.1 Å². The number of hydrogen-bond acceptors (Lipinski definition) is 2. The van der Waals surface area contributed by atoms with E-state index in [1.54, 1.807) is 14.2 Å². The summed E-state index contributed by atoms with van der Waals surface area (Å²) in [5.41, 5.74) is 1.09. The molecule has 0 fully saturated rings. The average molecular weight is 217 g/mol. The van der Waals surface area contributed by atoms with Gasteiger partial charge in [-0.2, -0.15) is 0 Å². The highest BCUT2D eigenvalue weighted by Gasteiger charge is 2.08. The maximum atomic E-state index is 5.34. The van der Waals surface area contributed by atoms with Gasteiger partial charge in [-0.1, -0.05) is 6.08 Å². The lowest BCUT2D eigenvalue weighted by atomic mass is 10.2. The second-order valence-electron chi connectivity index (χ2n) is 3.52. The van der Waals surface area contributed by atoms with Crippen molar-refractivity contribution in [1.29, 1.82) is 0 Å². The third-order valence-corrected chi connectivity index (χ3v) is 2.61. The summed E-state index contributed by atoms with van der Waals surface area (Å²) < 4.78 is 12.7. The summed E-state index contributed by atoms with van der Waals surface area (Å²) in [5, 5.41) is 1.09. The van der Waals surface area contributed by atoms with E-state index in [9.17, 15) is 0 Å². The summed E-state index contributed by atoms with van der Waals surface area (Å²) in [6.45, 7) is 4.52. The highest BCUT2D eigenvalue weighted by atomic mass is 16.5. The Balaban J connectivity index is 2.66. The van der Waals surface area contributed by atoms with Crippen molar-refractivity contribution in [3.8, 4) is 11.5 Å². The summed E-state index contributed by atoms with van der Waals surface area (Å²) in [5.74, 6) is 1.63. The van der Waals surface area contributed by atoms with Crippen molar-refractivity contribution in [3.05, 3.63) is 37.1 Å². The number of methoxy groups -OCH3 is 2. The Morgan fingerprint density at radius 3 is 2.75 bits per heavy atom. The van der Waals surface area contributed by atoms with Crippen LogP contribution in [-0.4, -0.2) is 18.8 Å². The Bertz CT molecular complexity index is 514. The van der Waals surface area contributed by atoms with Crippen LogP contribution in [0.1, 0.15) is 0 Å². The third-order valence-electron chi connectivity index (χ3n) is 2.61. The van der Waals surface area contributed by atoms with Gasteiger partial charge in [-0.05, 0) is 6.07 Å². The molecule has 0 radical (unpaired) electrons. The third kappa shape index (κ3) is 1.65. The first-order chi connectivity index (χ1) is 7.80. The minimum Gasteiger partial charge on any atom is -0.497 e. The van der Waals surface area contributed by atoms with E-state index < -0.39 is 0 Å². The van der Waals surface area contributed by atoms with Gasteiger partial charge in [0, 0.05) is 30.3 Å². The zero-order valence-electron chi connectivity index (χ0n) is 9.56. The number of aromatic nitrogens is 1. The van der Waals surface area contributed by atoms with E-state index in [1.165, 1.54) is 0 Å². The van der Waals surface area contributed by atoms with Gasteiger partial charge < -0.3 is 14.0 Å². The van der Waals surface area contributed by atoms with E-state index in [2.05, 4.69) is 11.1 Å². The molecule has 84 valence electrons. The molecule has 0 unspecified atom stereocenters. The van der Waals surface area contributed by atoms with Crippen LogP contribution in [0.5, 0.6) is 11.5 Å². The molecule has 0 aliphatic rings. The molecule has 1 heterocycles. The van der Waals surface area contributed by atoms with Crippen LogP contribution < -0.4 is 9.47 Å². The molecule has 0 aliphatic heterocycles. The van der Waals surface area contributed by atoms with Crippen molar-refractivity contribution in [3.63, 3.8) is 0 Å². The van der Waals surface area contributed by atoms with Gasteiger partial charge in [0.25, 0.3) is 0 Å². The van der Waals surface area contributed by atoms with Crippen LogP contribution >= 0.6 is 0 Å². The quantitative estimate of drug-likeness (QED) is 0.735. The molecule has 2 rings (SSSR count). The molecule has 16 heavy (non-hydrogen) atoms. The van der Waals surface area contributed by atoms with Gasteiger partial charge in [0.15, 0.2) is 0 Å². The maximum Gasteiger partial charge on any atom is 0.131 e. The molecule has 0 bridgehead atoms. The van der Waals surface area contributed by atoms with Crippen LogP contribution in [0.25, 0.3) is 10.9 Å². The fourth-order valence-corrected chi connectivity index (χ4v) is 1.82. The summed E-state index contributed by atoms with van der Waals surface area (Å²) in [6.07, 6.45) is 3.89. The zero-order valence-corrected chi connectivity index (χ0v) is 9.56. The maximum absolute atomic E-state index is 5.34. The first-order valence-electron chi connectivity index (χ1n) is 5.12. The molecule has 0 aliphatic carbocycles. The molecule has 2 aromatic rings. The Morgan fingerprint density at radius 2 is 2.12 bits per heavy atom. The molecule has 0 N–H and O–H groups in total. The van der Waals surface area contributed by atoms with Crippen LogP contribution in [0, 0.1) is 0 Å². The second-order valence-corrected chi connectivity index (χ2v) is 3.52. The number of fused-ring (bicyclic) bond motifs is 1. The average Bonchev–Trinajstić information content (AvgIpc) is 2.72. The van der Waals surface area contributed by atoms with E-state index in [0.717, 1.165) is 28.9 Å². The zero-order chi connectivity index (χ0) is 11.5. The number of rotatable bonds is 4. The van der Waals surface area contributed by atoms with Crippen LogP contribution in [-0.2, 0) is 6.54 Å². The van der Waals surface area contributed by atoms with E-state index in [1.807, 2.05) is 30.5 Å². The Kier molecular flexibility index (Phi) is 2.86. The lowest BCUT2D eigenvalue weighted by molar-refractivity contribution is 0.398. The molecule has 1 aromatic heterocycles. The van der Waals surface area contributed by atoms with Crippen molar-refractivity contribution in [2.24, 2.45) is 0 Å². The summed E-state index contributed by atoms with van der Waals surface area (Å²) in [7, 11) is 3.32. The molecular weight excluding hydrogens is 202 g/mol. The normalized spacial score (nSPS) is 10.4. The highest BCUT2D eigenvalue weighted by Crippen LogP contribution is 2.31. The van der Waals surface area contributed by atoms with Gasteiger partial charge in [0.1, 0.15) is 11.5 Å². The number of ether oxygens (including phenoxy) is 2. The van der Waals surface area contributed by atoms with Crippen molar-refractivity contribution in [1.82, 2.24) is 4.57 Å². The van der Waals surface area contributed by atoms with Crippen molar-refractivity contribution in [2.45, 2.75) is 6.54 Å².